The van der Waals surface area contributed by atoms with Crippen LogP contribution < -0.4 is 5.32 Å². The monoisotopic (exact) mass is 285 g/mol. The minimum absolute atomic E-state index is 0.0599. The standard InChI is InChI=1S/C17H19NOS/c1-12(2)18-16-10-9-14(20-3)11-15(16)17(19)13-7-5-4-6-8-13/h4-12,18H,1-3H3. The molecular weight excluding hydrogens is 266 g/mol. The van der Waals surface area contributed by atoms with Gasteiger partial charge in [0, 0.05) is 27.8 Å². The fourth-order valence-electron chi connectivity index (χ4n) is 2.02. The van der Waals surface area contributed by atoms with E-state index in [4.69, 9.17) is 0 Å². The van der Waals surface area contributed by atoms with E-state index < -0.39 is 0 Å². The molecular formula is C17H19NOS. The van der Waals surface area contributed by atoms with Gasteiger partial charge < -0.3 is 5.32 Å². The van der Waals surface area contributed by atoms with Crippen LogP contribution in [0.25, 0.3) is 0 Å². The molecule has 0 atom stereocenters. The molecule has 0 aromatic heterocycles. The highest BCUT2D eigenvalue weighted by Crippen LogP contribution is 2.26. The molecule has 2 nitrogen and oxygen atoms in total. The lowest BCUT2D eigenvalue weighted by Crippen LogP contribution is -2.14. The van der Waals surface area contributed by atoms with Crippen LogP contribution >= 0.6 is 11.8 Å². The Hall–Kier alpha value is -1.74. The third-order valence-corrected chi connectivity index (χ3v) is 3.68. The Labute approximate surface area is 124 Å². The Morgan fingerprint density at radius 3 is 2.40 bits per heavy atom. The lowest BCUT2D eigenvalue weighted by molar-refractivity contribution is 0.103. The molecule has 0 radical (unpaired) electrons. The molecule has 0 amide bonds. The van der Waals surface area contributed by atoms with E-state index in [0.29, 0.717) is 0 Å². The molecule has 0 aliphatic rings. The van der Waals surface area contributed by atoms with Crippen molar-refractivity contribution >= 4 is 23.2 Å². The Morgan fingerprint density at radius 1 is 1.10 bits per heavy atom. The average molecular weight is 285 g/mol. The maximum absolute atomic E-state index is 12.7. The SMILES string of the molecule is CSc1ccc(NC(C)C)c(C(=O)c2ccccc2)c1. The number of carbonyl (C=O) groups excluding carboxylic acids is 1. The molecule has 0 aliphatic carbocycles. The van der Waals surface area contributed by atoms with E-state index in [-0.39, 0.29) is 11.8 Å². The summed E-state index contributed by atoms with van der Waals surface area (Å²) in [4.78, 5) is 13.8. The number of hydrogen-bond acceptors (Lipinski definition) is 3. The molecule has 0 saturated carbocycles. The number of nitrogens with one attached hydrogen (secondary N) is 1. The zero-order chi connectivity index (χ0) is 14.5. The molecule has 0 heterocycles. The Balaban J connectivity index is 2.44. The lowest BCUT2D eigenvalue weighted by atomic mass is 10.0. The molecule has 0 unspecified atom stereocenters. The number of hydrogen-bond donors (Lipinski definition) is 1. The average Bonchev–Trinajstić information content (AvgIpc) is 2.47. The van der Waals surface area contributed by atoms with Gasteiger partial charge in [0.15, 0.2) is 5.78 Å². The van der Waals surface area contributed by atoms with Crippen LogP contribution in [0.15, 0.2) is 53.4 Å². The first-order valence-corrected chi connectivity index (χ1v) is 7.88. The zero-order valence-corrected chi connectivity index (χ0v) is 12.8. The number of carbonyl (C=O) groups is 1. The summed E-state index contributed by atoms with van der Waals surface area (Å²) in [6.45, 7) is 4.14. The van der Waals surface area contributed by atoms with Crippen LogP contribution in [0.5, 0.6) is 0 Å². The highest BCUT2D eigenvalue weighted by molar-refractivity contribution is 7.98. The van der Waals surface area contributed by atoms with E-state index >= 15 is 0 Å². The van der Waals surface area contributed by atoms with Crippen LogP contribution in [-0.4, -0.2) is 18.1 Å². The fourth-order valence-corrected chi connectivity index (χ4v) is 2.46. The molecule has 2 aromatic carbocycles. The van der Waals surface area contributed by atoms with Gasteiger partial charge in [-0.2, -0.15) is 0 Å². The molecule has 1 N–H and O–H groups in total. The van der Waals surface area contributed by atoms with Crippen LogP contribution in [-0.2, 0) is 0 Å². The molecule has 104 valence electrons. The van der Waals surface area contributed by atoms with Gasteiger partial charge >= 0.3 is 0 Å². The van der Waals surface area contributed by atoms with Crippen LogP contribution in [0, 0.1) is 0 Å². The Bertz CT molecular complexity index is 593. The van der Waals surface area contributed by atoms with E-state index in [9.17, 15) is 4.79 Å². The second-order valence-electron chi connectivity index (χ2n) is 4.91. The molecule has 0 bridgehead atoms. The minimum Gasteiger partial charge on any atom is -0.382 e. The van der Waals surface area contributed by atoms with Gasteiger partial charge in [-0.25, -0.2) is 0 Å². The van der Waals surface area contributed by atoms with Gasteiger partial charge in [0.25, 0.3) is 0 Å². The second kappa shape index (κ2) is 6.62. The normalized spacial score (nSPS) is 10.6. The van der Waals surface area contributed by atoms with Crippen molar-refractivity contribution in [3.63, 3.8) is 0 Å². The summed E-state index contributed by atoms with van der Waals surface area (Å²) in [5.41, 5.74) is 2.35. The van der Waals surface area contributed by atoms with Gasteiger partial charge in [-0.05, 0) is 38.3 Å². The largest absolute Gasteiger partial charge is 0.382 e. The maximum Gasteiger partial charge on any atom is 0.195 e. The number of benzene rings is 2. The van der Waals surface area contributed by atoms with Gasteiger partial charge in [0.05, 0.1) is 0 Å². The summed E-state index contributed by atoms with van der Waals surface area (Å²) in [7, 11) is 0. The summed E-state index contributed by atoms with van der Waals surface area (Å²) in [6, 6.07) is 15.7. The molecule has 0 spiro atoms. The highest BCUT2D eigenvalue weighted by Gasteiger charge is 2.14. The topological polar surface area (TPSA) is 29.1 Å². The van der Waals surface area contributed by atoms with Crippen molar-refractivity contribution in [2.24, 2.45) is 0 Å². The third-order valence-electron chi connectivity index (χ3n) is 2.95. The highest BCUT2D eigenvalue weighted by atomic mass is 32.2. The molecule has 0 saturated heterocycles. The second-order valence-corrected chi connectivity index (χ2v) is 5.79. The number of thioether (sulfide) groups is 1. The predicted octanol–water partition coefficient (Wildman–Crippen LogP) is 4.46. The molecule has 20 heavy (non-hydrogen) atoms. The first-order valence-electron chi connectivity index (χ1n) is 6.66. The third kappa shape index (κ3) is 3.42. The van der Waals surface area contributed by atoms with Crippen LogP contribution in [0.2, 0.25) is 0 Å². The van der Waals surface area contributed by atoms with Crippen LogP contribution in [0.3, 0.4) is 0 Å². The van der Waals surface area contributed by atoms with Crippen molar-refractivity contribution in [3.05, 3.63) is 59.7 Å². The Morgan fingerprint density at radius 2 is 1.80 bits per heavy atom. The summed E-state index contributed by atoms with van der Waals surface area (Å²) in [5.74, 6) is 0.0599. The molecule has 2 rings (SSSR count). The quantitative estimate of drug-likeness (QED) is 0.649. The number of ketones is 1. The van der Waals surface area contributed by atoms with E-state index in [1.165, 1.54) is 0 Å². The van der Waals surface area contributed by atoms with Crippen LogP contribution in [0.1, 0.15) is 29.8 Å². The first-order chi connectivity index (χ1) is 9.61. The van der Waals surface area contributed by atoms with E-state index in [1.807, 2.05) is 54.8 Å². The van der Waals surface area contributed by atoms with E-state index in [0.717, 1.165) is 21.7 Å². The number of anilines is 1. The van der Waals surface area contributed by atoms with Gasteiger partial charge in [0.2, 0.25) is 0 Å². The molecule has 0 fully saturated rings. The lowest BCUT2D eigenvalue weighted by Gasteiger charge is -2.15. The molecule has 2 aromatic rings. The predicted molar refractivity (Wildman–Crippen MR) is 86.9 cm³/mol. The number of rotatable bonds is 5. The van der Waals surface area contributed by atoms with Gasteiger partial charge in [-0.3, -0.25) is 4.79 Å². The van der Waals surface area contributed by atoms with E-state index in [2.05, 4.69) is 19.2 Å². The summed E-state index contributed by atoms with van der Waals surface area (Å²) in [5, 5.41) is 3.35. The molecule has 3 heteroatoms. The Kier molecular flexibility index (Phi) is 4.85. The zero-order valence-electron chi connectivity index (χ0n) is 12.0. The van der Waals surface area contributed by atoms with Gasteiger partial charge in [0.1, 0.15) is 0 Å². The smallest absolute Gasteiger partial charge is 0.195 e. The van der Waals surface area contributed by atoms with E-state index in [1.54, 1.807) is 11.8 Å². The summed E-state index contributed by atoms with van der Waals surface area (Å²) < 4.78 is 0. The minimum atomic E-state index is 0.0599. The van der Waals surface area contributed by atoms with Crippen molar-refractivity contribution in [2.75, 3.05) is 11.6 Å². The maximum atomic E-state index is 12.7. The first kappa shape index (κ1) is 14.7. The van der Waals surface area contributed by atoms with Crippen LogP contribution in [0.4, 0.5) is 5.69 Å². The summed E-state index contributed by atoms with van der Waals surface area (Å²) in [6.07, 6.45) is 2.02. The molecule has 0 aliphatic heterocycles. The van der Waals surface area contributed by atoms with Gasteiger partial charge in [-0.15, -0.1) is 11.8 Å². The van der Waals surface area contributed by atoms with Crippen molar-refractivity contribution in [2.45, 2.75) is 24.8 Å². The fraction of sp³-hybridized carbons (Fsp3) is 0.235. The van der Waals surface area contributed by atoms with Crippen molar-refractivity contribution in [3.8, 4) is 0 Å². The van der Waals surface area contributed by atoms with Crippen molar-refractivity contribution in [1.29, 1.82) is 0 Å². The van der Waals surface area contributed by atoms with Crippen molar-refractivity contribution < 1.29 is 4.79 Å². The van der Waals surface area contributed by atoms with Gasteiger partial charge in [-0.1, -0.05) is 30.3 Å². The van der Waals surface area contributed by atoms with Crippen molar-refractivity contribution in [1.82, 2.24) is 0 Å². The summed E-state index contributed by atoms with van der Waals surface area (Å²) >= 11 is 1.64.